The third-order valence-electron chi connectivity index (χ3n) is 3.49. The Hall–Kier alpha value is -3.20. The fourth-order valence-corrected chi connectivity index (χ4v) is 2.21. The molecule has 0 aromatic heterocycles. The normalized spacial score (nSPS) is 11.2. The van der Waals surface area contributed by atoms with Crippen LogP contribution in [0.1, 0.15) is 15.9 Å². The first-order chi connectivity index (χ1) is 11.5. The van der Waals surface area contributed by atoms with Gasteiger partial charge in [0.05, 0.1) is 5.56 Å². The van der Waals surface area contributed by atoms with Crippen LogP contribution in [0.5, 0.6) is 0 Å². The van der Waals surface area contributed by atoms with Gasteiger partial charge in [0, 0.05) is 13.5 Å². The van der Waals surface area contributed by atoms with Crippen molar-refractivity contribution in [3.8, 4) is 6.19 Å². The Kier molecular flexibility index (Phi) is 5.63. The van der Waals surface area contributed by atoms with Crippen LogP contribution >= 0.6 is 0 Å². The second-order valence-electron chi connectivity index (χ2n) is 5.19. The average molecular weight is 325 g/mol. The van der Waals surface area contributed by atoms with Crippen LogP contribution in [0, 0.1) is 17.3 Å². The van der Waals surface area contributed by atoms with Gasteiger partial charge in [-0.05, 0) is 17.7 Å². The maximum absolute atomic E-state index is 13.7. The predicted molar refractivity (Wildman–Crippen MR) is 86.2 cm³/mol. The zero-order valence-corrected chi connectivity index (χ0v) is 13.1. The van der Waals surface area contributed by atoms with Crippen LogP contribution in [0.25, 0.3) is 0 Å². The van der Waals surface area contributed by atoms with E-state index in [1.807, 2.05) is 30.3 Å². The minimum absolute atomic E-state index is 0.150. The van der Waals surface area contributed by atoms with Gasteiger partial charge in [-0.2, -0.15) is 5.26 Å². The zero-order chi connectivity index (χ0) is 17.5. The lowest BCUT2D eigenvalue weighted by Crippen LogP contribution is -2.47. The van der Waals surface area contributed by atoms with E-state index in [-0.39, 0.29) is 12.0 Å². The Bertz CT molecular complexity index is 771. The van der Waals surface area contributed by atoms with Gasteiger partial charge in [0.25, 0.3) is 11.8 Å². The van der Waals surface area contributed by atoms with Crippen molar-refractivity contribution in [1.29, 1.82) is 5.26 Å². The Morgan fingerprint density at radius 3 is 2.42 bits per heavy atom. The highest BCUT2D eigenvalue weighted by atomic mass is 19.1. The quantitative estimate of drug-likeness (QED) is 0.676. The van der Waals surface area contributed by atoms with Gasteiger partial charge in [0.2, 0.25) is 0 Å². The summed E-state index contributed by atoms with van der Waals surface area (Å²) in [5, 5.41) is 11.4. The lowest BCUT2D eigenvalue weighted by atomic mass is 10.0. The summed E-state index contributed by atoms with van der Waals surface area (Å²) in [6, 6.07) is 13.6. The molecule has 2 rings (SSSR count). The number of nitrogens with one attached hydrogen (secondary N) is 1. The topological polar surface area (TPSA) is 73.2 Å². The molecule has 122 valence electrons. The molecule has 0 aliphatic carbocycles. The molecule has 0 heterocycles. The van der Waals surface area contributed by atoms with Crippen LogP contribution in [0.3, 0.4) is 0 Å². The molecule has 0 spiro atoms. The number of nitriles is 1. The largest absolute Gasteiger partial charge is 0.340 e. The van der Waals surface area contributed by atoms with Gasteiger partial charge in [-0.15, -0.1) is 0 Å². The minimum Gasteiger partial charge on any atom is -0.340 e. The van der Waals surface area contributed by atoms with E-state index in [0.29, 0.717) is 0 Å². The Balaban J connectivity index is 2.23. The number of amides is 2. The molecule has 0 aliphatic rings. The molecule has 1 atom stereocenters. The summed E-state index contributed by atoms with van der Waals surface area (Å²) in [6.07, 6.45) is 1.91. The summed E-state index contributed by atoms with van der Waals surface area (Å²) in [5.41, 5.74) is 0.666. The van der Waals surface area contributed by atoms with Gasteiger partial charge in [0.15, 0.2) is 6.19 Å². The molecule has 0 aliphatic heterocycles. The summed E-state index contributed by atoms with van der Waals surface area (Å²) < 4.78 is 13.7. The van der Waals surface area contributed by atoms with Crippen LogP contribution in [0.4, 0.5) is 4.39 Å². The lowest BCUT2D eigenvalue weighted by molar-refractivity contribution is -0.129. The SMILES string of the molecule is CN(C#N)C(=O)C(Cc1ccccc1)NC(=O)c1ccccc1F. The maximum Gasteiger partial charge on any atom is 0.258 e. The van der Waals surface area contributed by atoms with Gasteiger partial charge >= 0.3 is 0 Å². The first-order valence-electron chi connectivity index (χ1n) is 7.29. The smallest absolute Gasteiger partial charge is 0.258 e. The van der Waals surface area contributed by atoms with Crippen LogP contribution in [0.2, 0.25) is 0 Å². The van der Waals surface area contributed by atoms with Gasteiger partial charge in [0.1, 0.15) is 11.9 Å². The van der Waals surface area contributed by atoms with Gasteiger partial charge in [-0.25, -0.2) is 4.39 Å². The molecule has 24 heavy (non-hydrogen) atoms. The molecule has 0 saturated carbocycles. The van der Waals surface area contributed by atoms with Crippen molar-refractivity contribution in [2.24, 2.45) is 0 Å². The van der Waals surface area contributed by atoms with Crippen molar-refractivity contribution in [1.82, 2.24) is 10.2 Å². The molecule has 0 radical (unpaired) electrons. The highest BCUT2D eigenvalue weighted by Gasteiger charge is 2.25. The molecule has 2 aromatic rings. The van der Waals surface area contributed by atoms with Crippen molar-refractivity contribution in [3.05, 3.63) is 71.5 Å². The first kappa shape index (κ1) is 17.2. The number of carbonyl (C=O) groups excluding carboxylic acids is 2. The summed E-state index contributed by atoms with van der Waals surface area (Å²) in [7, 11) is 1.32. The van der Waals surface area contributed by atoms with Crippen molar-refractivity contribution < 1.29 is 14.0 Å². The van der Waals surface area contributed by atoms with Gasteiger partial charge in [-0.1, -0.05) is 42.5 Å². The molecule has 2 aromatic carbocycles. The van der Waals surface area contributed by atoms with E-state index in [9.17, 15) is 14.0 Å². The van der Waals surface area contributed by atoms with Crippen LogP contribution in [-0.4, -0.2) is 29.8 Å². The fourth-order valence-electron chi connectivity index (χ4n) is 2.21. The molecular formula is C18H16FN3O2. The van der Waals surface area contributed by atoms with E-state index in [4.69, 9.17) is 5.26 Å². The van der Waals surface area contributed by atoms with E-state index >= 15 is 0 Å². The summed E-state index contributed by atoms with van der Waals surface area (Å²) >= 11 is 0. The summed E-state index contributed by atoms with van der Waals surface area (Å²) in [4.78, 5) is 25.4. The van der Waals surface area contributed by atoms with Crippen molar-refractivity contribution in [2.45, 2.75) is 12.5 Å². The number of rotatable bonds is 5. The number of hydrogen-bond acceptors (Lipinski definition) is 3. The van der Waals surface area contributed by atoms with E-state index in [0.717, 1.165) is 10.5 Å². The lowest BCUT2D eigenvalue weighted by Gasteiger charge is -2.20. The van der Waals surface area contributed by atoms with Crippen LogP contribution < -0.4 is 5.32 Å². The van der Waals surface area contributed by atoms with Crippen molar-refractivity contribution in [2.75, 3.05) is 7.05 Å². The second kappa shape index (κ2) is 7.88. The van der Waals surface area contributed by atoms with Crippen LogP contribution in [-0.2, 0) is 11.2 Å². The molecule has 5 nitrogen and oxygen atoms in total. The van der Waals surface area contributed by atoms with E-state index < -0.39 is 23.7 Å². The summed E-state index contributed by atoms with van der Waals surface area (Å²) in [6.45, 7) is 0. The number of carbonyl (C=O) groups is 2. The van der Waals surface area contributed by atoms with Crippen molar-refractivity contribution >= 4 is 11.8 Å². The van der Waals surface area contributed by atoms with Gasteiger partial charge in [-0.3, -0.25) is 14.5 Å². The summed E-state index contributed by atoms with van der Waals surface area (Å²) in [5.74, 6) is -1.94. The van der Waals surface area contributed by atoms with E-state index in [1.165, 1.54) is 31.3 Å². The molecular weight excluding hydrogens is 309 g/mol. The molecule has 0 saturated heterocycles. The molecule has 6 heteroatoms. The number of likely N-dealkylation sites (N-methyl/N-ethyl adjacent to an activating group) is 1. The third kappa shape index (κ3) is 4.17. The predicted octanol–water partition coefficient (Wildman–Crippen LogP) is 2.11. The monoisotopic (exact) mass is 325 g/mol. The van der Waals surface area contributed by atoms with E-state index in [2.05, 4.69) is 5.32 Å². The third-order valence-corrected chi connectivity index (χ3v) is 3.49. The highest BCUT2D eigenvalue weighted by molar-refractivity contribution is 5.98. The molecule has 2 amide bonds. The minimum atomic E-state index is -0.968. The Labute approximate surface area is 139 Å². The Morgan fingerprint density at radius 2 is 1.79 bits per heavy atom. The van der Waals surface area contributed by atoms with Gasteiger partial charge < -0.3 is 5.32 Å². The maximum atomic E-state index is 13.7. The molecule has 1 N–H and O–H groups in total. The molecule has 0 fully saturated rings. The average Bonchev–Trinajstić information content (AvgIpc) is 2.61. The van der Waals surface area contributed by atoms with Crippen molar-refractivity contribution in [3.63, 3.8) is 0 Å². The molecule has 1 unspecified atom stereocenters. The zero-order valence-electron chi connectivity index (χ0n) is 13.1. The number of nitrogens with zero attached hydrogens (tertiary/aromatic N) is 2. The molecule has 0 bridgehead atoms. The fraction of sp³-hybridized carbons (Fsp3) is 0.167. The number of halogens is 1. The standard InChI is InChI=1S/C18H16FN3O2/c1-22(12-20)18(24)16(11-13-7-3-2-4-8-13)21-17(23)14-9-5-6-10-15(14)19/h2-10,16H,11H2,1H3,(H,21,23). The number of benzene rings is 2. The number of hydrogen-bond donors (Lipinski definition) is 1. The van der Waals surface area contributed by atoms with Crippen LogP contribution in [0.15, 0.2) is 54.6 Å². The second-order valence-corrected chi connectivity index (χ2v) is 5.19. The van der Waals surface area contributed by atoms with E-state index in [1.54, 1.807) is 6.19 Å². The highest BCUT2D eigenvalue weighted by Crippen LogP contribution is 2.09. The first-order valence-corrected chi connectivity index (χ1v) is 7.29. The Morgan fingerprint density at radius 1 is 1.17 bits per heavy atom.